The topological polar surface area (TPSA) is 84.5 Å². The van der Waals surface area contributed by atoms with E-state index in [1.54, 1.807) is 13.2 Å². The standard InChI is InChI=1S/C14H19BrN2O4S/c1-21-8-2-7-16-14(18)12-9-11(5-6-13(12)15)22(19,20)17-10-3-4-10/h5-6,9-10,17H,2-4,7-8H2,1H3,(H,16,18). The first kappa shape index (κ1) is 17.4. The molecule has 0 unspecified atom stereocenters. The minimum absolute atomic E-state index is 0.0277. The quantitative estimate of drug-likeness (QED) is 0.661. The van der Waals surface area contributed by atoms with Gasteiger partial charge in [-0.3, -0.25) is 4.79 Å². The van der Waals surface area contributed by atoms with Crippen molar-refractivity contribution in [1.82, 2.24) is 10.0 Å². The number of nitrogens with one attached hydrogen (secondary N) is 2. The Bertz CT molecular complexity index is 644. The summed E-state index contributed by atoms with van der Waals surface area (Å²) < 4.78 is 32.5. The molecule has 1 aromatic carbocycles. The molecule has 0 aromatic heterocycles. The second-order valence-electron chi connectivity index (χ2n) is 5.14. The van der Waals surface area contributed by atoms with Gasteiger partial charge in [0.05, 0.1) is 10.5 Å². The van der Waals surface area contributed by atoms with Crippen LogP contribution in [0, 0.1) is 0 Å². The number of sulfonamides is 1. The van der Waals surface area contributed by atoms with Crippen LogP contribution in [0.25, 0.3) is 0 Å². The fraction of sp³-hybridized carbons (Fsp3) is 0.500. The lowest BCUT2D eigenvalue weighted by molar-refractivity contribution is 0.0947. The summed E-state index contributed by atoms with van der Waals surface area (Å²) in [6, 6.07) is 4.47. The maximum absolute atomic E-state index is 12.2. The molecule has 0 spiro atoms. The summed E-state index contributed by atoms with van der Waals surface area (Å²) in [5.74, 6) is -0.313. The normalized spacial score (nSPS) is 14.8. The van der Waals surface area contributed by atoms with Crippen LogP contribution < -0.4 is 10.0 Å². The van der Waals surface area contributed by atoms with Gasteiger partial charge in [-0.1, -0.05) is 0 Å². The summed E-state index contributed by atoms with van der Waals surface area (Å²) in [5.41, 5.74) is 0.302. The van der Waals surface area contributed by atoms with Gasteiger partial charge in [0.25, 0.3) is 5.91 Å². The molecule has 0 bridgehead atoms. The van der Waals surface area contributed by atoms with Crippen LogP contribution in [0.1, 0.15) is 29.6 Å². The third-order valence-electron chi connectivity index (χ3n) is 3.20. The molecule has 0 saturated heterocycles. The van der Waals surface area contributed by atoms with E-state index in [9.17, 15) is 13.2 Å². The van der Waals surface area contributed by atoms with Crippen LogP contribution in [0.3, 0.4) is 0 Å². The maximum Gasteiger partial charge on any atom is 0.252 e. The van der Waals surface area contributed by atoms with E-state index in [4.69, 9.17) is 4.74 Å². The minimum Gasteiger partial charge on any atom is -0.385 e. The number of ether oxygens (including phenoxy) is 1. The average Bonchev–Trinajstić information content (AvgIpc) is 3.27. The van der Waals surface area contributed by atoms with Crippen LogP contribution in [0.4, 0.5) is 0 Å². The Kier molecular flexibility index (Phi) is 5.96. The highest BCUT2D eigenvalue weighted by molar-refractivity contribution is 9.10. The van der Waals surface area contributed by atoms with E-state index in [2.05, 4.69) is 26.0 Å². The Labute approximate surface area is 138 Å². The molecule has 1 amide bonds. The number of benzene rings is 1. The smallest absolute Gasteiger partial charge is 0.252 e. The molecule has 1 aromatic rings. The molecule has 0 aliphatic heterocycles. The average molecular weight is 391 g/mol. The predicted octanol–water partition coefficient (Wildman–Crippen LogP) is 1.66. The number of hydrogen-bond donors (Lipinski definition) is 2. The van der Waals surface area contributed by atoms with Crippen LogP contribution in [0.15, 0.2) is 27.6 Å². The van der Waals surface area contributed by atoms with Crippen molar-refractivity contribution in [2.24, 2.45) is 0 Å². The van der Waals surface area contributed by atoms with Crippen molar-refractivity contribution in [2.45, 2.75) is 30.2 Å². The minimum atomic E-state index is -3.57. The van der Waals surface area contributed by atoms with Crippen molar-refractivity contribution in [2.75, 3.05) is 20.3 Å². The summed E-state index contributed by atoms with van der Waals surface area (Å²) in [6.45, 7) is 1.03. The first-order valence-corrected chi connectivity index (χ1v) is 9.30. The molecule has 0 radical (unpaired) electrons. The number of amides is 1. The lowest BCUT2D eigenvalue weighted by atomic mass is 10.2. The SMILES string of the molecule is COCCCNC(=O)c1cc(S(=O)(=O)NC2CC2)ccc1Br. The Morgan fingerprint density at radius 1 is 1.41 bits per heavy atom. The highest BCUT2D eigenvalue weighted by Crippen LogP contribution is 2.25. The van der Waals surface area contributed by atoms with Gasteiger partial charge in [0.1, 0.15) is 0 Å². The third-order valence-corrected chi connectivity index (χ3v) is 5.41. The van der Waals surface area contributed by atoms with Crippen LogP contribution in [0.5, 0.6) is 0 Å². The highest BCUT2D eigenvalue weighted by atomic mass is 79.9. The number of hydrogen-bond acceptors (Lipinski definition) is 4. The number of halogens is 1. The lowest BCUT2D eigenvalue weighted by Crippen LogP contribution is -2.28. The summed E-state index contributed by atoms with van der Waals surface area (Å²) in [6.07, 6.45) is 2.42. The molecular weight excluding hydrogens is 372 g/mol. The van der Waals surface area contributed by atoms with Gasteiger partial charge in [0, 0.05) is 30.8 Å². The zero-order valence-electron chi connectivity index (χ0n) is 12.3. The molecule has 22 heavy (non-hydrogen) atoms. The summed E-state index contributed by atoms with van der Waals surface area (Å²) in [4.78, 5) is 12.2. The van der Waals surface area contributed by atoms with Gasteiger partial charge in [-0.2, -0.15) is 0 Å². The molecule has 1 saturated carbocycles. The molecule has 1 aliphatic carbocycles. The predicted molar refractivity (Wildman–Crippen MR) is 86.3 cm³/mol. The largest absolute Gasteiger partial charge is 0.385 e. The van der Waals surface area contributed by atoms with E-state index >= 15 is 0 Å². The Hall–Kier alpha value is -0.960. The molecule has 2 N–H and O–H groups in total. The molecule has 6 nitrogen and oxygen atoms in total. The zero-order valence-corrected chi connectivity index (χ0v) is 14.7. The molecule has 2 rings (SSSR count). The molecular formula is C14H19BrN2O4S. The van der Waals surface area contributed by atoms with Crippen LogP contribution in [-0.2, 0) is 14.8 Å². The number of carbonyl (C=O) groups excluding carboxylic acids is 1. The Morgan fingerprint density at radius 3 is 2.77 bits per heavy atom. The van der Waals surface area contributed by atoms with Crippen molar-refractivity contribution in [1.29, 1.82) is 0 Å². The van der Waals surface area contributed by atoms with E-state index in [1.807, 2.05) is 0 Å². The van der Waals surface area contributed by atoms with Crippen LogP contribution in [-0.4, -0.2) is 40.6 Å². The molecule has 1 fully saturated rings. The second-order valence-corrected chi connectivity index (χ2v) is 7.71. The Morgan fingerprint density at radius 2 is 2.14 bits per heavy atom. The van der Waals surface area contributed by atoms with Crippen molar-refractivity contribution in [3.05, 3.63) is 28.2 Å². The monoisotopic (exact) mass is 390 g/mol. The first-order valence-electron chi connectivity index (χ1n) is 7.03. The van der Waals surface area contributed by atoms with Gasteiger partial charge in [0.2, 0.25) is 10.0 Å². The van der Waals surface area contributed by atoms with Gasteiger partial charge in [-0.25, -0.2) is 13.1 Å². The summed E-state index contributed by atoms with van der Waals surface area (Å²) in [7, 11) is -1.97. The second kappa shape index (κ2) is 7.54. The van der Waals surface area contributed by atoms with Gasteiger partial charge >= 0.3 is 0 Å². The summed E-state index contributed by atoms with van der Waals surface area (Å²) in [5, 5.41) is 2.74. The van der Waals surface area contributed by atoms with Gasteiger partial charge < -0.3 is 10.1 Å². The number of methoxy groups -OCH3 is 1. The van der Waals surface area contributed by atoms with Crippen molar-refractivity contribution >= 4 is 31.9 Å². The van der Waals surface area contributed by atoms with E-state index in [1.165, 1.54) is 12.1 Å². The first-order chi connectivity index (χ1) is 10.4. The fourth-order valence-corrected chi connectivity index (χ4v) is 3.61. The van der Waals surface area contributed by atoms with Crippen molar-refractivity contribution < 1.29 is 17.9 Å². The van der Waals surface area contributed by atoms with Crippen molar-refractivity contribution in [3.8, 4) is 0 Å². The summed E-state index contributed by atoms with van der Waals surface area (Å²) >= 11 is 3.28. The third kappa shape index (κ3) is 4.77. The van der Waals surface area contributed by atoms with E-state index in [0.717, 1.165) is 12.8 Å². The Balaban J connectivity index is 2.10. The molecule has 0 heterocycles. The van der Waals surface area contributed by atoms with Gasteiger partial charge in [-0.15, -0.1) is 0 Å². The molecule has 122 valence electrons. The molecule has 1 aliphatic rings. The van der Waals surface area contributed by atoms with Crippen molar-refractivity contribution in [3.63, 3.8) is 0 Å². The van der Waals surface area contributed by atoms with Gasteiger partial charge in [-0.05, 0) is 53.4 Å². The molecule has 0 atom stereocenters. The fourth-order valence-electron chi connectivity index (χ4n) is 1.85. The van der Waals surface area contributed by atoms with E-state index < -0.39 is 10.0 Å². The highest BCUT2D eigenvalue weighted by Gasteiger charge is 2.28. The number of carbonyl (C=O) groups is 1. The number of rotatable bonds is 8. The van der Waals surface area contributed by atoms with Gasteiger partial charge in [0.15, 0.2) is 0 Å². The lowest BCUT2D eigenvalue weighted by Gasteiger charge is -2.10. The maximum atomic E-state index is 12.2. The zero-order chi connectivity index (χ0) is 16.2. The molecule has 8 heteroatoms. The van der Waals surface area contributed by atoms with E-state index in [0.29, 0.717) is 29.6 Å². The van der Waals surface area contributed by atoms with Crippen LogP contribution >= 0.6 is 15.9 Å². The van der Waals surface area contributed by atoms with Crippen LogP contribution in [0.2, 0.25) is 0 Å². The van der Waals surface area contributed by atoms with E-state index in [-0.39, 0.29) is 16.8 Å².